The Bertz CT molecular complexity index is 949. The van der Waals surface area contributed by atoms with Gasteiger partial charge in [0.15, 0.2) is 0 Å². The Balaban J connectivity index is 1.53. The van der Waals surface area contributed by atoms with Gasteiger partial charge in [0.05, 0.1) is 17.2 Å². The maximum Gasteiger partial charge on any atom is 0.243 e. The molecule has 0 atom stereocenters. The summed E-state index contributed by atoms with van der Waals surface area (Å²) in [6.07, 6.45) is 3.65. The molecule has 4 rings (SSSR count). The Morgan fingerprint density at radius 3 is 2.56 bits per heavy atom. The lowest BCUT2D eigenvalue weighted by Crippen LogP contribution is -2.61. The summed E-state index contributed by atoms with van der Waals surface area (Å²) in [7, 11) is -3.51. The summed E-state index contributed by atoms with van der Waals surface area (Å²) >= 11 is 0. The van der Waals surface area contributed by atoms with Crippen molar-refractivity contribution in [3.63, 3.8) is 0 Å². The van der Waals surface area contributed by atoms with Gasteiger partial charge in [-0.3, -0.25) is 0 Å². The average molecular weight is 388 g/mol. The van der Waals surface area contributed by atoms with Crippen LogP contribution in [0.2, 0.25) is 0 Å². The number of sulfonamides is 1. The summed E-state index contributed by atoms with van der Waals surface area (Å²) in [5, 5.41) is 0. The zero-order valence-corrected chi connectivity index (χ0v) is 16.8. The highest BCUT2D eigenvalue weighted by Gasteiger charge is 2.54. The average Bonchev–Trinajstić information content (AvgIpc) is 3.00. The van der Waals surface area contributed by atoms with Crippen LogP contribution >= 0.6 is 0 Å². The molecule has 1 spiro atoms. The second-order valence-electron chi connectivity index (χ2n) is 7.68. The van der Waals surface area contributed by atoms with Gasteiger partial charge in [-0.2, -0.15) is 4.31 Å². The van der Waals surface area contributed by atoms with E-state index in [1.165, 1.54) is 4.31 Å². The summed E-state index contributed by atoms with van der Waals surface area (Å²) in [5.74, 6) is 1.20. The standard InChI is InChI=1S/C20H25N3O3S/c1-4-5-19-21-10-17-18(22-19)11-26-20(17)12-23(13-20)27(24,25)16-8-6-15(7-9-16)14(2)3/h6-10,14H,4-5,11-13H2,1-3H3. The third kappa shape index (κ3) is 3.07. The zero-order chi connectivity index (χ0) is 19.2. The van der Waals surface area contributed by atoms with Crippen LogP contribution in [0.1, 0.15) is 55.8 Å². The van der Waals surface area contributed by atoms with E-state index in [-0.39, 0.29) is 0 Å². The van der Waals surface area contributed by atoms with Crippen LogP contribution in [0, 0.1) is 0 Å². The summed E-state index contributed by atoms with van der Waals surface area (Å²) in [4.78, 5) is 9.35. The normalized spacial score (nSPS) is 18.7. The number of nitrogens with zero attached hydrogens (tertiary/aromatic N) is 3. The van der Waals surface area contributed by atoms with Crippen molar-refractivity contribution in [3.8, 4) is 0 Å². The van der Waals surface area contributed by atoms with E-state index in [9.17, 15) is 8.42 Å². The number of aromatic nitrogens is 2. The monoisotopic (exact) mass is 387 g/mol. The molecule has 1 aromatic carbocycles. The van der Waals surface area contributed by atoms with Crippen LogP contribution in [0.15, 0.2) is 35.4 Å². The Morgan fingerprint density at radius 1 is 1.22 bits per heavy atom. The van der Waals surface area contributed by atoms with E-state index in [1.807, 2.05) is 18.3 Å². The second-order valence-corrected chi connectivity index (χ2v) is 9.61. The molecular weight excluding hydrogens is 362 g/mol. The number of ether oxygens (including phenoxy) is 1. The fourth-order valence-corrected chi connectivity index (χ4v) is 5.24. The predicted octanol–water partition coefficient (Wildman–Crippen LogP) is 2.98. The Hall–Kier alpha value is -1.83. The number of benzene rings is 1. The number of fused-ring (bicyclic) bond motifs is 2. The topological polar surface area (TPSA) is 72.4 Å². The van der Waals surface area contributed by atoms with E-state index >= 15 is 0 Å². The molecule has 0 aliphatic carbocycles. The van der Waals surface area contributed by atoms with Crippen LogP contribution in [-0.4, -0.2) is 35.8 Å². The van der Waals surface area contributed by atoms with Gasteiger partial charge >= 0.3 is 0 Å². The Kier molecular flexibility index (Phi) is 4.56. The van der Waals surface area contributed by atoms with Gasteiger partial charge in [0.25, 0.3) is 0 Å². The zero-order valence-electron chi connectivity index (χ0n) is 16.0. The fraction of sp³-hybridized carbons (Fsp3) is 0.500. The van der Waals surface area contributed by atoms with Crippen LogP contribution in [0.25, 0.3) is 0 Å². The molecular formula is C20H25N3O3S. The van der Waals surface area contributed by atoms with Crippen molar-refractivity contribution >= 4 is 10.0 Å². The van der Waals surface area contributed by atoms with E-state index in [0.717, 1.165) is 35.5 Å². The molecule has 7 heteroatoms. The van der Waals surface area contributed by atoms with Crippen molar-refractivity contribution in [2.75, 3.05) is 13.1 Å². The molecule has 2 aliphatic heterocycles. The molecule has 3 heterocycles. The van der Waals surface area contributed by atoms with Gasteiger partial charge in [-0.05, 0) is 30.0 Å². The molecule has 0 N–H and O–H groups in total. The van der Waals surface area contributed by atoms with Crippen LogP contribution in [0.4, 0.5) is 0 Å². The van der Waals surface area contributed by atoms with Crippen molar-refractivity contribution in [3.05, 3.63) is 53.1 Å². The molecule has 1 fully saturated rings. The lowest BCUT2D eigenvalue weighted by atomic mass is 9.90. The molecule has 1 saturated heterocycles. The minimum Gasteiger partial charge on any atom is -0.361 e. The molecule has 0 unspecified atom stereocenters. The summed E-state index contributed by atoms with van der Waals surface area (Å²) in [6, 6.07) is 7.16. The molecule has 1 aromatic heterocycles. The van der Waals surface area contributed by atoms with Gasteiger partial charge in [0, 0.05) is 31.3 Å². The Labute approximate surface area is 160 Å². The number of hydrogen-bond donors (Lipinski definition) is 0. The SMILES string of the molecule is CCCc1ncc2c(n1)COC21CN(S(=O)(=O)c2ccc(C(C)C)cc2)C1. The number of rotatable bonds is 5. The summed E-state index contributed by atoms with van der Waals surface area (Å²) in [5.41, 5.74) is 2.36. The van der Waals surface area contributed by atoms with Crippen molar-refractivity contribution in [2.45, 2.75) is 56.6 Å². The maximum atomic E-state index is 12.9. The van der Waals surface area contributed by atoms with Gasteiger partial charge in [-0.25, -0.2) is 18.4 Å². The lowest BCUT2D eigenvalue weighted by molar-refractivity contribution is -0.112. The first-order valence-corrected chi connectivity index (χ1v) is 10.9. The van der Waals surface area contributed by atoms with E-state index < -0.39 is 15.6 Å². The van der Waals surface area contributed by atoms with E-state index in [2.05, 4.69) is 30.7 Å². The number of hydrogen-bond acceptors (Lipinski definition) is 5. The first-order valence-electron chi connectivity index (χ1n) is 9.45. The van der Waals surface area contributed by atoms with E-state index in [1.54, 1.807) is 12.1 Å². The molecule has 144 valence electrons. The molecule has 6 nitrogen and oxygen atoms in total. The van der Waals surface area contributed by atoms with Gasteiger partial charge in [-0.1, -0.05) is 32.9 Å². The van der Waals surface area contributed by atoms with Gasteiger partial charge in [-0.15, -0.1) is 0 Å². The quantitative estimate of drug-likeness (QED) is 0.789. The van der Waals surface area contributed by atoms with Gasteiger partial charge < -0.3 is 4.74 Å². The van der Waals surface area contributed by atoms with Crippen molar-refractivity contribution < 1.29 is 13.2 Å². The predicted molar refractivity (Wildman–Crippen MR) is 102 cm³/mol. The summed E-state index contributed by atoms with van der Waals surface area (Å²) < 4.78 is 33.3. The highest BCUT2D eigenvalue weighted by Crippen LogP contribution is 2.44. The lowest BCUT2D eigenvalue weighted by Gasteiger charge is -2.46. The van der Waals surface area contributed by atoms with Crippen LogP contribution in [-0.2, 0) is 33.4 Å². The highest BCUT2D eigenvalue weighted by atomic mass is 32.2. The number of aryl methyl sites for hydroxylation is 1. The van der Waals surface area contributed by atoms with E-state index in [4.69, 9.17) is 4.74 Å². The minimum atomic E-state index is -3.51. The second kappa shape index (κ2) is 6.65. The van der Waals surface area contributed by atoms with Crippen LogP contribution in [0.3, 0.4) is 0 Å². The van der Waals surface area contributed by atoms with Crippen molar-refractivity contribution in [2.24, 2.45) is 0 Å². The summed E-state index contributed by atoms with van der Waals surface area (Å²) in [6.45, 7) is 7.31. The molecule has 2 aliphatic rings. The smallest absolute Gasteiger partial charge is 0.243 e. The molecule has 0 saturated carbocycles. The molecule has 27 heavy (non-hydrogen) atoms. The first kappa shape index (κ1) is 18.5. The molecule has 0 radical (unpaired) electrons. The maximum absolute atomic E-state index is 12.9. The third-order valence-corrected chi connectivity index (χ3v) is 7.22. The highest BCUT2D eigenvalue weighted by molar-refractivity contribution is 7.89. The largest absolute Gasteiger partial charge is 0.361 e. The van der Waals surface area contributed by atoms with Gasteiger partial charge in [0.1, 0.15) is 11.4 Å². The van der Waals surface area contributed by atoms with Crippen LogP contribution in [0.5, 0.6) is 0 Å². The fourth-order valence-electron chi connectivity index (χ4n) is 3.71. The van der Waals surface area contributed by atoms with Crippen molar-refractivity contribution in [1.82, 2.24) is 14.3 Å². The molecule has 2 aromatic rings. The Morgan fingerprint density at radius 2 is 1.93 bits per heavy atom. The van der Waals surface area contributed by atoms with Crippen LogP contribution < -0.4 is 0 Å². The van der Waals surface area contributed by atoms with E-state index in [0.29, 0.717) is 30.5 Å². The van der Waals surface area contributed by atoms with Gasteiger partial charge in [0.2, 0.25) is 10.0 Å². The molecule has 0 bridgehead atoms. The minimum absolute atomic E-state index is 0.310. The molecule has 0 amide bonds. The third-order valence-electron chi connectivity index (χ3n) is 5.42. The van der Waals surface area contributed by atoms with Crippen molar-refractivity contribution in [1.29, 1.82) is 0 Å². The first-order chi connectivity index (χ1) is 12.9.